The molecule has 0 unspecified atom stereocenters. The number of amides is 10. The van der Waals surface area contributed by atoms with Crippen molar-refractivity contribution in [3.05, 3.63) is 0 Å². The number of aliphatic hydroxyl groups excluding tert-OH is 1. The highest BCUT2D eigenvalue weighted by Crippen LogP contribution is 2.21. The van der Waals surface area contributed by atoms with Crippen LogP contribution >= 0.6 is 25.3 Å². The van der Waals surface area contributed by atoms with Crippen LogP contribution in [0.5, 0.6) is 0 Å². The van der Waals surface area contributed by atoms with Gasteiger partial charge in [-0.3, -0.25) is 52.7 Å². The second-order valence-electron chi connectivity index (χ2n) is 19.5. The van der Waals surface area contributed by atoms with Gasteiger partial charge in [-0.1, -0.05) is 68.2 Å². The van der Waals surface area contributed by atoms with E-state index in [0.717, 1.165) is 0 Å². The van der Waals surface area contributed by atoms with Crippen molar-refractivity contribution >= 4 is 96.3 Å². The molecular formula is C47H81N11O15S2. The van der Waals surface area contributed by atoms with Gasteiger partial charge < -0.3 is 73.8 Å². The maximum Gasteiger partial charge on any atom is 0.327 e. The fraction of sp³-hybridized carbons (Fsp3) is 0.745. The zero-order valence-electron chi connectivity index (χ0n) is 44.2. The highest BCUT2D eigenvalue weighted by molar-refractivity contribution is 7.80. The third-order valence-electron chi connectivity index (χ3n) is 12.6. The van der Waals surface area contributed by atoms with Crippen molar-refractivity contribution in [1.29, 1.82) is 0 Å². The molecule has 0 bridgehead atoms. The van der Waals surface area contributed by atoms with Crippen LogP contribution in [-0.4, -0.2) is 183 Å². The van der Waals surface area contributed by atoms with Gasteiger partial charge in [-0.2, -0.15) is 25.3 Å². The van der Waals surface area contributed by atoms with Crippen molar-refractivity contribution in [2.24, 2.45) is 29.4 Å². The third-order valence-corrected chi connectivity index (χ3v) is 13.3. The summed E-state index contributed by atoms with van der Waals surface area (Å²) in [5.41, 5.74) is 5.65. The predicted molar refractivity (Wildman–Crippen MR) is 279 cm³/mol. The number of carbonyl (C=O) groups is 12. The maximum atomic E-state index is 14.0. The number of hydrogen-bond donors (Lipinski definition) is 15. The van der Waals surface area contributed by atoms with Crippen LogP contribution in [0.15, 0.2) is 0 Å². The molecule has 1 aliphatic heterocycles. The average molecular weight is 1100 g/mol. The van der Waals surface area contributed by atoms with Gasteiger partial charge in [0.2, 0.25) is 59.1 Å². The Bertz CT molecular complexity index is 2020. The van der Waals surface area contributed by atoms with Gasteiger partial charge in [0, 0.05) is 24.5 Å². The number of nitrogens with two attached hydrogens (primary N) is 1. The summed E-state index contributed by atoms with van der Waals surface area (Å²) < 4.78 is 0. The highest BCUT2D eigenvalue weighted by atomic mass is 32.1. The molecule has 12 atom stereocenters. The number of aliphatic carboxylic acids is 2. The lowest BCUT2D eigenvalue weighted by Crippen LogP contribution is -2.61. The molecule has 75 heavy (non-hydrogen) atoms. The number of rotatable bonds is 33. The molecule has 1 saturated heterocycles. The second-order valence-corrected chi connectivity index (χ2v) is 20.2. The van der Waals surface area contributed by atoms with Gasteiger partial charge in [-0.05, 0) is 56.3 Å². The molecule has 14 N–H and O–H groups in total. The van der Waals surface area contributed by atoms with E-state index < -0.39 is 162 Å². The lowest BCUT2D eigenvalue weighted by Gasteiger charge is -2.32. The van der Waals surface area contributed by atoms with Crippen molar-refractivity contribution in [3.8, 4) is 0 Å². The Morgan fingerprint density at radius 2 is 1.07 bits per heavy atom. The van der Waals surface area contributed by atoms with Gasteiger partial charge in [0.25, 0.3) is 0 Å². The van der Waals surface area contributed by atoms with Crippen molar-refractivity contribution in [1.82, 2.24) is 52.8 Å². The number of nitrogens with zero attached hydrogens (tertiary/aromatic N) is 1. The smallest absolute Gasteiger partial charge is 0.327 e. The number of carbonyl (C=O) groups excluding carboxylic acids is 10. The van der Waals surface area contributed by atoms with E-state index >= 15 is 0 Å². The number of thiol groups is 2. The fourth-order valence-corrected chi connectivity index (χ4v) is 8.14. The predicted octanol–water partition coefficient (Wildman–Crippen LogP) is -3.09. The molecule has 0 aromatic carbocycles. The Balaban J connectivity index is 3.10. The quantitative estimate of drug-likeness (QED) is 0.0290. The zero-order valence-corrected chi connectivity index (χ0v) is 46.0. The van der Waals surface area contributed by atoms with Gasteiger partial charge in [0.1, 0.15) is 48.3 Å². The van der Waals surface area contributed by atoms with Crippen LogP contribution in [0, 0.1) is 23.7 Å². The van der Waals surface area contributed by atoms with Crippen molar-refractivity contribution in [2.45, 2.75) is 168 Å². The topological polar surface area (TPSA) is 403 Å². The monoisotopic (exact) mass is 1100 g/mol. The van der Waals surface area contributed by atoms with Crippen molar-refractivity contribution in [2.75, 3.05) is 31.1 Å². The summed E-state index contributed by atoms with van der Waals surface area (Å²) in [5.74, 6) is -12.5. The Labute approximate surface area is 448 Å². The number of aliphatic hydroxyl groups is 1. The van der Waals surface area contributed by atoms with Crippen molar-refractivity contribution in [3.63, 3.8) is 0 Å². The molecule has 0 spiro atoms. The van der Waals surface area contributed by atoms with Crippen LogP contribution in [0.1, 0.15) is 107 Å². The molecule has 28 heteroatoms. The zero-order chi connectivity index (χ0) is 57.4. The number of nitrogens with one attached hydrogen (secondary N) is 9. The first-order valence-corrected chi connectivity index (χ1v) is 26.4. The Hall–Kier alpha value is -5.74. The first-order valence-electron chi connectivity index (χ1n) is 25.1. The van der Waals surface area contributed by atoms with E-state index in [4.69, 9.17) is 10.8 Å². The summed E-state index contributed by atoms with van der Waals surface area (Å²) in [6, 6.07) is -11.4. The number of carboxylic acids is 2. The SMILES string of the molecule is CC[C@H](C)[C@H](NC(=O)CNC(=O)[C@H](CC(C)C)NC(=O)[C@@H](NC(=O)CNC(=O)[C@@H](N)CCC(=O)O)[C@@H](C)O)C(=O)N[C@H](C(=O)N[C@@H](CS)C(=O)N1CCC[C@H]1C(=O)N[C@H](C(=O)N[C@@H](CS)C(=O)O)[C@@H](C)CC)C(C)C. The highest BCUT2D eigenvalue weighted by Gasteiger charge is 2.41. The summed E-state index contributed by atoms with van der Waals surface area (Å²) >= 11 is 8.30. The minimum Gasteiger partial charge on any atom is -0.481 e. The van der Waals surface area contributed by atoms with Gasteiger partial charge in [0.15, 0.2) is 0 Å². The summed E-state index contributed by atoms with van der Waals surface area (Å²) in [6.07, 6.45) is -0.561. The summed E-state index contributed by atoms with van der Waals surface area (Å²) in [7, 11) is 0. The summed E-state index contributed by atoms with van der Waals surface area (Å²) in [6.45, 7) is 13.7. The molecule has 26 nitrogen and oxygen atoms in total. The maximum absolute atomic E-state index is 14.0. The van der Waals surface area contributed by atoms with Gasteiger partial charge in [-0.25, -0.2) is 4.79 Å². The molecule has 1 fully saturated rings. The van der Waals surface area contributed by atoms with Crippen molar-refractivity contribution < 1.29 is 72.9 Å². The standard InChI is InChI=1S/C47H81N11O15S2/c1-10-24(7)36(54-32(60)19-50-40(65)28(17-22(3)4)51-45(70)38(26(9)59)55-33(61)18-49-39(64)27(48)14-15-34(62)63)44(69)56-35(23(5)6)42(67)52-29(20-74)46(71)58-16-12-13-31(58)41(66)57-37(25(8)11-2)43(68)53-30(21-75)47(72)73/h22-31,35-38,59,74-75H,10-21,48H2,1-9H3,(H,49,64)(H,50,65)(H,51,70)(H,52,67)(H,53,68)(H,54,60)(H,55,61)(H,56,69)(H,57,66)(H,62,63)(H,72,73)/t24-,25-,26+,27-,28-,29-,30-,31-,35-,36-,37-,38-/m0/s1. The summed E-state index contributed by atoms with van der Waals surface area (Å²) in [4.78, 5) is 157. The van der Waals surface area contributed by atoms with Crippen LogP contribution in [-0.2, 0) is 57.5 Å². The second kappa shape index (κ2) is 33.3. The van der Waals surface area contributed by atoms with Crippen LogP contribution < -0.4 is 53.6 Å². The molecule has 0 radical (unpaired) electrons. The Morgan fingerprint density at radius 3 is 1.55 bits per heavy atom. The molecule has 0 aromatic heterocycles. The Kier molecular flexibility index (Phi) is 29.9. The lowest BCUT2D eigenvalue weighted by molar-refractivity contribution is -0.143. The van der Waals surface area contributed by atoms with E-state index in [0.29, 0.717) is 19.3 Å². The van der Waals surface area contributed by atoms with Crippen LogP contribution in [0.3, 0.4) is 0 Å². The van der Waals surface area contributed by atoms with Gasteiger partial charge >= 0.3 is 11.9 Å². The average Bonchev–Trinajstić information content (AvgIpc) is 3.85. The first kappa shape index (κ1) is 67.3. The number of hydrogen-bond acceptors (Lipinski definition) is 16. The van der Waals surface area contributed by atoms with E-state index in [2.05, 4.69) is 73.1 Å². The fourth-order valence-electron chi connectivity index (χ4n) is 7.65. The molecule has 1 rings (SSSR count). The summed E-state index contributed by atoms with van der Waals surface area (Å²) in [5, 5.41) is 51.0. The lowest BCUT2D eigenvalue weighted by atomic mass is 9.96. The van der Waals surface area contributed by atoms with E-state index in [1.54, 1.807) is 55.4 Å². The first-order chi connectivity index (χ1) is 35.0. The normalized spacial score (nSPS) is 17.7. The molecule has 1 aliphatic rings. The van der Waals surface area contributed by atoms with E-state index in [1.165, 1.54) is 11.8 Å². The van der Waals surface area contributed by atoms with E-state index in [-0.39, 0.29) is 49.7 Å². The van der Waals surface area contributed by atoms with E-state index in [9.17, 15) is 67.7 Å². The Morgan fingerprint density at radius 1 is 0.600 bits per heavy atom. The molecule has 426 valence electrons. The van der Waals surface area contributed by atoms with Crippen LogP contribution in [0.2, 0.25) is 0 Å². The minimum atomic E-state index is -1.61. The minimum absolute atomic E-state index is 0.0438. The van der Waals surface area contributed by atoms with Gasteiger partial charge in [0.05, 0.1) is 25.2 Å². The van der Waals surface area contributed by atoms with Gasteiger partial charge in [-0.15, -0.1) is 0 Å². The number of carboxylic acid groups (broad SMARTS) is 2. The van der Waals surface area contributed by atoms with Crippen LogP contribution in [0.4, 0.5) is 0 Å². The molecule has 10 amide bonds. The molecular weight excluding hydrogens is 1020 g/mol. The van der Waals surface area contributed by atoms with E-state index in [1.807, 2.05) is 0 Å². The molecule has 0 saturated carbocycles. The number of likely N-dealkylation sites (tertiary alicyclic amines) is 1. The van der Waals surface area contributed by atoms with Crippen LogP contribution in [0.25, 0.3) is 0 Å². The molecule has 0 aliphatic carbocycles. The molecule has 0 aromatic rings. The third kappa shape index (κ3) is 22.6. The molecule has 1 heterocycles. The largest absolute Gasteiger partial charge is 0.481 e.